The van der Waals surface area contributed by atoms with Gasteiger partial charge in [-0.25, -0.2) is 18.6 Å². The van der Waals surface area contributed by atoms with E-state index in [4.69, 9.17) is 11.6 Å². The molecule has 0 saturated heterocycles. The molecule has 0 atom stereocenters. The number of hydrogen-bond acceptors (Lipinski definition) is 3. The maximum Gasteiger partial charge on any atom is 0.416 e. The van der Waals surface area contributed by atoms with Crippen LogP contribution in [0.2, 0.25) is 5.15 Å². The predicted octanol–water partition coefficient (Wildman–Crippen LogP) is 6.82. The molecular weight excluding hydrogens is 539 g/mol. The van der Waals surface area contributed by atoms with Crippen LogP contribution in [0.15, 0.2) is 60.8 Å². The molecule has 4 aromatic rings. The van der Waals surface area contributed by atoms with Crippen LogP contribution in [0, 0.1) is 11.6 Å². The van der Waals surface area contributed by atoms with Crippen LogP contribution in [0.4, 0.5) is 26.7 Å². The van der Waals surface area contributed by atoms with Crippen LogP contribution < -0.4 is 5.32 Å². The van der Waals surface area contributed by atoms with E-state index < -0.39 is 29.4 Å². The molecule has 1 amide bonds. The molecule has 0 fully saturated rings. The van der Waals surface area contributed by atoms with Crippen LogP contribution >= 0.6 is 11.6 Å². The number of alkyl halides is 3. The number of hydrogen-bond donors (Lipinski definition) is 1. The first-order valence-corrected chi connectivity index (χ1v) is 12.4. The SMILES string of the molecule is O=C(NCc1ccnc(Cl)c1)n1c2c(c3cc(C(F)(F)F)ccc31)CN(CC=Cc1ccc(F)c(F)c1)CC2. The van der Waals surface area contributed by atoms with Crippen molar-refractivity contribution in [2.45, 2.75) is 25.7 Å². The average Bonchev–Trinajstić information content (AvgIpc) is 3.22. The maximum absolute atomic E-state index is 13.5. The van der Waals surface area contributed by atoms with Crippen molar-refractivity contribution in [1.29, 1.82) is 0 Å². The summed E-state index contributed by atoms with van der Waals surface area (Å²) in [5, 5.41) is 3.46. The van der Waals surface area contributed by atoms with Crippen molar-refractivity contribution < 1.29 is 26.7 Å². The second kappa shape index (κ2) is 10.8. The molecule has 2 aromatic carbocycles. The van der Waals surface area contributed by atoms with Crippen LogP contribution in [0.1, 0.15) is 27.9 Å². The average molecular weight is 561 g/mol. The van der Waals surface area contributed by atoms with E-state index in [9.17, 15) is 26.7 Å². The molecule has 2 aromatic heterocycles. The van der Waals surface area contributed by atoms with E-state index in [1.807, 2.05) is 4.90 Å². The van der Waals surface area contributed by atoms with E-state index in [2.05, 4.69) is 10.3 Å². The first-order chi connectivity index (χ1) is 18.6. The maximum atomic E-state index is 13.5. The summed E-state index contributed by atoms with van der Waals surface area (Å²) in [5.74, 6) is -1.88. The fraction of sp³-hybridized carbons (Fsp3) is 0.214. The fourth-order valence-electron chi connectivity index (χ4n) is 4.74. The van der Waals surface area contributed by atoms with Crippen molar-refractivity contribution in [3.05, 3.63) is 106 Å². The van der Waals surface area contributed by atoms with Gasteiger partial charge in [-0.05, 0) is 59.2 Å². The summed E-state index contributed by atoms with van der Waals surface area (Å²) < 4.78 is 68.7. The fourth-order valence-corrected chi connectivity index (χ4v) is 4.94. The van der Waals surface area contributed by atoms with Crippen LogP contribution in [0.25, 0.3) is 17.0 Å². The third kappa shape index (κ3) is 5.81. The largest absolute Gasteiger partial charge is 0.416 e. The minimum atomic E-state index is -4.53. The number of carbonyl (C=O) groups excluding carboxylic acids is 1. The van der Waals surface area contributed by atoms with Gasteiger partial charge in [-0.1, -0.05) is 29.8 Å². The number of pyridine rings is 1. The molecule has 202 valence electrons. The molecule has 1 aliphatic heterocycles. The number of halogens is 6. The molecule has 5 rings (SSSR count). The Labute approximate surface area is 225 Å². The van der Waals surface area contributed by atoms with Gasteiger partial charge in [-0.2, -0.15) is 13.2 Å². The molecule has 39 heavy (non-hydrogen) atoms. The van der Waals surface area contributed by atoms with Gasteiger partial charge in [0.05, 0.1) is 11.1 Å². The van der Waals surface area contributed by atoms with Crippen LogP contribution in [0.5, 0.6) is 0 Å². The van der Waals surface area contributed by atoms with Crippen molar-refractivity contribution in [2.75, 3.05) is 13.1 Å². The lowest BCUT2D eigenvalue weighted by atomic mass is 10.0. The molecule has 0 aliphatic carbocycles. The highest BCUT2D eigenvalue weighted by molar-refractivity contribution is 6.29. The molecular formula is C28H22ClF5N4O. The van der Waals surface area contributed by atoms with Gasteiger partial charge in [-0.3, -0.25) is 9.47 Å². The van der Waals surface area contributed by atoms with E-state index in [0.29, 0.717) is 53.8 Å². The Morgan fingerprint density at radius 1 is 1.08 bits per heavy atom. The number of carbonyl (C=O) groups is 1. The first kappa shape index (κ1) is 26.8. The van der Waals surface area contributed by atoms with Gasteiger partial charge in [-0.15, -0.1) is 0 Å². The van der Waals surface area contributed by atoms with Gasteiger partial charge in [0.1, 0.15) is 5.15 Å². The number of nitrogens with one attached hydrogen (secondary N) is 1. The second-order valence-corrected chi connectivity index (χ2v) is 9.58. The van der Waals surface area contributed by atoms with Crippen LogP contribution in [-0.4, -0.2) is 33.6 Å². The smallest absolute Gasteiger partial charge is 0.333 e. The van der Waals surface area contributed by atoms with Crippen molar-refractivity contribution in [3.8, 4) is 0 Å². The molecule has 0 spiro atoms. The van der Waals surface area contributed by atoms with E-state index in [0.717, 1.165) is 29.8 Å². The third-order valence-corrected chi connectivity index (χ3v) is 6.82. The summed E-state index contributed by atoms with van der Waals surface area (Å²) >= 11 is 5.92. The zero-order chi connectivity index (χ0) is 27.7. The topological polar surface area (TPSA) is 50.2 Å². The van der Waals surface area contributed by atoms with E-state index in [1.54, 1.807) is 24.3 Å². The summed E-state index contributed by atoms with van der Waals surface area (Å²) in [6, 6.07) is 9.84. The molecule has 3 heterocycles. The Balaban J connectivity index is 1.42. The Bertz CT molecular complexity index is 1580. The van der Waals surface area contributed by atoms with Gasteiger partial charge in [0.2, 0.25) is 0 Å². The molecule has 1 aliphatic rings. The highest BCUT2D eigenvalue weighted by Gasteiger charge is 2.33. The Kier molecular flexibility index (Phi) is 7.42. The van der Waals surface area contributed by atoms with Gasteiger partial charge < -0.3 is 5.32 Å². The lowest BCUT2D eigenvalue weighted by Gasteiger charge is -2.27. The van der Waals surface area contributed by atoms with Gasteiger partial charge in [0.15, 0.2) is 11.6 Å². The number of fused-ring (bicyclic) bond motifs is 3. The van der Waals surface area contributed by atoms with Crippen LogP contribution in [-0.2, 0) is 25.7 Å². The number of rotatable bonds is 5. The second-order valence-electron chi connectivity index (χ2n) is 9.20. The van der Waals surface area contributed by atoms with Crippen molar-refractivity contribution in [2.24, 2.45) is 0 Å². The molecule has 0 unspecified atom stereocenters. The Morgan fingerprint density at radius 3 is 2.64 bits per heavy atom. The van der Waals surface area contributed by atoms with Crippen molar-refractivity contribution in [1.82, 2.24) is 19.8 Å². The number of amides is 1. The summed E-state index contributed by atoms with van der Waals surface area (Å²) in [4.78, 5) is 19.2. The summed E-state index contributed by atoms with van der Waals surface area (Å²) in [6.45, 7) is 1.45. The summed E-state index contributed by atoms with van der Waals surface area (Å²) in [6.07, 6.45) is 0.851. The molecule has 0 bridgehead atoms. The van der Waals surface area contributed by atoms with Gasteiger partial charge in [0.25, 0.3) is 0 Å². The number of benzene rings is 2. The minimum absolute atomic E-state index is 0.164. The minimum Gasteiger partial charge on any atom is -0.333 e. The first-order valence-electron chi connectivity index (χ1n) is 12.1. The number of aromatic nitrogens is 2. The monoisotopic (exact) mass is 560 g/mol. The molecule has 0 saturated carbocycles. The lowest BCUT2D eigenvalue weighted by molar-refractivity contribution is -0.137. The predicted molar refractivity (Wildman–Crippen MR) is 138 cm³/mol. The Hall–Kier alpha value is -3.76. The number of nitrogens with zero attached hydrogens (tertiary/aromatic N) is 3. The molecule has 11 heteroatoms. The Morgan fingerprint density at radius 2 is 1.90 bits per heavy atom. The normalized spacial score (nSPS) is 14.2. The highest BCUT2D eigenvalue weighted by atomic mass is 35.5. The van der Waals surface area contributed by atoms with E-state index in [1.165, 1.54) is 22.9 Å². The molecule has 5 nitrogen and oxygen atoms in total. The third-order valence-electron chi connectivity index (χ3n) is 6.61. The zero-order valence-corrected chi connectivity index (χ0v) is 21.2. The molecule has 1 N–H and O–H groups in total. The standard InChI is InChI=1S/C28H22ClF5N4O/c29-26-13-18(7-9-35-26)15-36-27(39)38-24-6-4-19(28(32,33)34)14-20(24)21-16-37(11-8-25(21)38)10-1-2-17-3-5-22(30)23(31)12-17/h1-7,9,12-14H,8,10-11,15-16H2,(H,36,39). The van der Waals surface area contributed by atoms with E-state index in [-0.39, 0.29) is 11.7 Å². The van der Waals surface area contributed by atoms with Crippen LogP contribution in [0.3, 0.4) is 0 Å². The summed E-state index contributed by atoms with van der Waals surface area (Å²) in [7, 11) is 0. The lowest BCUT2D eigenvalue weighted by Crippen LogP contribution is -2.34. The van der Waals surface area contributed by atoms with Crippen molar-refractivity contribution in [3.63, 3.8) is 0 Å². The van der Waals surface area contributed by atoms with Gasteiger partial charge >= 0.3 is 12.2 Å². The van der Waals surface area contributed by atoms with Crippen molar-refractivity contribution >= 4 is 34.6 Å². The highest BCUT2D eigenvalue weighted by Crippen LogP contribution is 2.36. The molecule has 0 radical (unpaired) electrons. The summed E-state index contributed by atoms with van der Waals surface area (Å²) in [5.41, 5.74) is 2.10. The van der Waals surface area contributed by atoms with E-state index >= 15 is 0 Å². The van der Waals surface area contributed by atoms with Gasteiger partial charge in [0, 0.05) is 49.9 Å². The zero-order valence-electron chi connectivity index (χ0n) is 20.4. The quantitative estimate of drug-likeness (QED) is 0.215.